The number of imide groups is 1. The van der Waals surface area contributed by atoms with Gasteiger partial charge in [0.1, 0.15) is 18.9 Å². The van der Waals surface area contributed by atoms with Gasteiger partial charge in [-0.15, -0.1) is 0 Å². The summed E-state index contributed by atoms with van der Waals surface area (Å²) >= 11 is 0.802. The van der Waals surface area contributed by atoms with Crippen molar-refractivity contribution in [3.05, 3.63) is 70.1 Å². The van der Waals surface area contributed by atoms with Crippen molar-refractivity contribution in [2.75, 3.05) is 13.7 Å². The van der Waals surface area contributed by atoms with Crippen LogP contribution in [-0.2, 0) is 20.9 Å². The Balaban J connectivity index is 1.65. The van der Waals surface area contributed by atoms with E-state index in [1.165, 1.54) is 12.7 Å². The van der Waals surface area contributed by atoms with Gasteiger partial charge in [0.05, 0.1) is 12.0 Å². The van der Waals surface area contributed by atoms with E-state index in [-0.39, 0.29) is 11.4 Å². The van der Waals surface area contributed by atoms with Crippen molar-refractivity contribution in [2.45, 2.75) is 13.5 Å². The standard InChI is InChI=1S/C21H19NO5S/c1-14-5-3-4-6-16(14)13-27-17-9-7-15(8-10-17)11-18-20(24)22(21(25)28-18)12-19(23)26-2/h3-11H,12-13H2,1-2H3/b18-11-. The lowest BCUT2D eigenvalue weighted by molar-refractivity contribution is -0.143. The maximum absolute atomic E-state index is 12.3. The fourth-order valence-electron chi connectivity index (χ4n) is 2.57. The van der Waals surface area contributed by atoms with E-state index in [0.717, 1.165) is 27.8 Å². The van der Waals surface area contributed by atoms with Crippen LogP contribution >= 0.6 is 11.8 Å². The summed E-state index contributed by atoms with van der Waals surface area (Å²) in [6, 6.07) is 15.3. The molecule has 1 fully saturated rings. The van der Waals surface area contributed by atoms with E-state index in [4.69, 9.17) is 4.74 Å². The molecule has 0 bridgehead atoms. The summed E-state index contributed by atoms with van der Waals surface area (Å²) in [7, 11) is 1.21. The Bertz CT molecular complexity index is 936. The predicted molar refractivity (Wildman–Crippen MR) is 107 cm³/mol. The molecular formula is C21H19NO5S. The van der Waals surface area contributed by atoms with Gasteiger partial charge >= 0.3 is 5.97 Å². The smallest absolute Gasteiger partial charge is 0.325 e. The van der Waals surface area contributed by atoms with E-state index in [1.54, 1.807) is 6.08 Å². The summed E-state index contributed by atoms with van der Waals surface area (Å²) in [6.07, 6.45) is 1.62. The number of methoxy groups -OCH3 is 1. The minimum atomic E-state index is -0.640. The van der Waals surface area contributed by atoms with E-state index < -0.39 is 17.1 Å². The van der Waals surface area contributed by atoms with Crippen molar-refractivity contribution >= 4 is 35.0 Å². The van der Waals surface area contributed by atoms with E-state index in [1.807, 2.05) is 55.5 Å². The van der Waals surface area contributed by atoms with Gasteiger partial charge in [0, 0.05) is 0 Å². The molecule has 1 saturated heterocycles. The van der Waals surface area contributed by atoms with E-state index in [0.29, 0.717) is 12.4 Å². The summed E-state index contributed by atoms with van der Waals surface area (Å²) in [5.41, 5.74) is 3.04. The molecule has 1 aliphatic heterocycles. The largest absolute Gasteiger partial charge is 0.489 e. The zero-order valence-electron chi connectivity index (χ0n) is 15.5. The minimum Gasteiger partial charge on any atom is -0.489 e. The second-order valence-electron chi connectivity index (χ2n) is 6.13. The number of rotatable bonds is 6. The molecule has 2 amide bonds. The van der Waals surface area contributed by atoms with Crippen molar-refractivity contribution in [2.24, 2.45) is 0 Å². The van der Waals surface area contributed by atoms with Crippen LogP contribution in [0.5, 0.6) is 5.75 Å². The lowest BCUT2D eigenvalue weighted by Gasteiger charge is -2.10. The molecule has 28 heavy (non-hydrogen) atoms. The molecular weight excluding hydrogens is 378 g/mol. The number of ether oxygens (including phenoxy) is 2. The Kier molecular flexibility index (Phi) is 6.16. The van der Waals surface area contributed by atoms with Crippen molar-refractivity contribution in [1.29, 1.82) is 0 Å². The number of carbonyl (C=O) groups is 3. The second-order valence-corrected chi connectivity index (χ2v) is 7.12. The van der Waals surface area contributed by atoms with Gasteiger partial charge in [-0.2, -0.15) is 0 Å². The topological polar surface area (TPSA) is 72.9 Å². The maximum Gasteiger partial charge on any atom is 0.325 e. The van der Waals surface area contributed by atoms with Crippen LogP contribution in [0.2, 0.25) is 0 Å². The third-order valence-corrected chi connectivity index (χ3v) is 5.13. The highest BCUT2D eigenvalue weighted by molar-refractivity contribution is 8.18. The van der Waals surface area contributed by atoms with Gasteiger partial charge in [-0.05, 0) is 53.6 Å². The number of thioether (sulfide) groups is 1. The summed E-state index contributed by atoms with van der Waals surface area (Å²) in [4.78, 5) is 36.7. The van der Waals surface area contributed by atoms with Gasteiger partial charge in [0.25, 0.3) is 11.1 Å². The molecule has 0 N–H and O–H groups in total. The Hall–Kier alpha value is -3.06. The SMILES string of the molecule is COC(=O)CN1C(=O)S/C(=C\c2ccc(OCc3ccccc3C)cc2)C1=O. The Morgan fingerprint density at radius 2 is 1.82 bits per heavy atom. The lowest BCUT2D eigenvalue weighted by Crippen LogP contribution is -2.34. The number of nitrogens with zero attached hydrogens (tertiary/aromatic N) is 1. The number of amides is 2. The van der Waals surface area contributed by atoms with E-state index in [2.05, 4.69) is 4.74 Å². The fourth-order valence-corrected chi connectivity index (χ4v) is 3.41. The molecule has 0 spiro atoms. The average molecular weight is 397 g/mol. The Morgan fingerprint density at radius 1 is 1.11 bits per heavy atom. The lowest BCUT2D eigenvalue weighted by atomic mass is 10.1. The number of carbonyl (C=O) groups excluding carboxylic acids is 3. The quantitative estimate of drug-likeness (QED) is 0.546. The molecule has 2 aromatic rings. The first-order valence-electron chi connectivity index (χ1n) is 8.57. The molecule has 0 aliphatic carbocycles. The van der Waals surface area contributed by atoms with Crippen molar-refractivity contribution in [3.63, 3.8) is 0 Å². The predicted octanol–water partition coefficient (Wildman–Crippen LogP) is 3.78. The summed E-state index contributed by atoms with van der Waals surface area (Å²) in [5.74, 6) is -0.432. The highest BCUT2D eigenvalue weighted by atomic mass is 32.2. The van der Waals surface area contributed by atoms with Crippen LogP contribution in [0.3, 0.4) is 0 Å². The first-order valence-corrected chi connectivity index (χ1v) is 9.39. The number of hydrogen-bond donors (Lipinski definition) is 0. The number of esters is 1. The highest BCUT2D eigenvalue weighted by Crippen LogP contribution is 2.32. The summed E-state index contributed by atoms with van der Waals surface area (Å²) in [5, 5.41) is -0.486. The van der Waals surface area contributed by atoms with Crippen molar-refractivity contribution < 1.29 is 23.9 Å². The van der Waals surface area contributed by atoms with Gasteiger partial charge < -0.3 is 9.47 Å². The molecule has 0 saturated carbocycles. The van der Waals surface area contributed by atoms with Gasteiger partial charge in [0.2, 0.25) is 0 Å². The van der Waals surface area contributed by atoms with E-state index >= 15 is 0 Å². The van der Waals surface area contributed by atoms with Gasteiger partial charge in [-0.3, -0.25) is 19.3 Å². The maximum atomic E-state index is 12.3. The van der Waals surface area contributed by atoms with Gasteiger partial charge in [0.15, 0.2) is 0 Å². The number of aryl methyl sites for hydroxylation is 1. The molecule has 3 rings (SSSR count). The van der Waals surface area contributed by atoms with Crippen LogP contribution in [0.25, 0.3) is 6.08 Å². The van der Waals surface area contributed by atoms with Crippen molar-refractivity contribution in [1.82, 2.24) is 4.90 Å². The number of benzene rings is 2. The molecule has 7 heteroatoms. The number of hydrogen-bond acceptors (Lipinski definition) is 6. The van der Waals surface area contributed by atoms with Gasteiger partial charge in [-0.1, -0.05) is 36.4 Å². The zero-order chi connectivity index (χ0) is 20.1. The van der Waals surface area contributed by atoms with Crippen LogP contribution in [0.1, 0.15) is 16.7 Å². The van der Waals surface area contributed by atoms with E-state index in [9.17, 15) is 14.4 Å². The van der Waals surface area contributed by atoms with Gasteiger partial charge in [-0.25, -0.2) is 0 Å². The summed E-state index contributed by atoms with van der Waals surface area (Å²) in [6.45, 7) is 2.12. The Morgan fingerprint density at radius 3 is 2.50 bits per heavy atom. The molecule has 0 aromatic heterocycles. The third kappa shape index (κ3) is 4.61. The van der Waals surface area contributed by atoms with Crippen molar-refractivity contribution in [3.8, 4) is 5.75 Å². The summed E-state index contributed by atoms with van der Waals surface area (Å²) < 4.78 is 10.3. The normalized spacial score (nSPS) is 15.2. The molecule has 0 unspecified atom stereocenters. The van der Waals surface area contributed by atoms with Crippen LogP contribution in [0.15, 0.2) is 53.4 Å². The fraction of sp³-hybridized carbons (Fsp3) is 0.190. The van der Waals surface area contributed by atoms with Crippen LogP contribution in [-0.4, -0.2) is 35.7 Å². The monoisotopic (exact) mass is 397 g/mol. The molecule has 2 aromatic carbocycles. The molecule has 0 atom stereocenters. The van der Waals surface area contributed by atoms with Crippen LogP contribution in [0, 0.1) is 6.92 Å². The average Bonchev–Trinajstić information content (AvgIpc) is 2.95. The molecule has 0 radical (unpaired) electrons. The second kappa shape index (κ2) is 8.75. The Labute approximate surface area is 167 Å². The third-order valence-electron chi connectivity index (χ3n) is 4.22. The van der Waals surface area contributed by atoms with Crippen LogP contribution in [0.4, 0.5) is 4.79 Å². The first-order chi connectivity index (χ1) is 13.5. The molecule has 1 aliphatic rings. The minimum absolute atomic E-state index is 0.266. The van der Waals surface area contributed by atoms with Crippen LogP contribution < -0.4 is 4.74 Å². The zero-order valence-corrected chi connectivity index (χ0v) is 16.3. The first kappa shape index (κ1) is 19.7. The molecule has 6 nitrogen and oxygen atoms in total. The molecule has 144 valence electrons. The highest BCUT2D eigenvalue weighted by Gasteiger charge is 2.36. The molecule has 1 heterocycles.